The van der Waals surface area contributed by atoms with Gasteiger partial charge >= 0.3 is 0 Å². The summed E-state index contributed by atoms with van der Waals surface area (Å²) in [5.74, 6) is 0.374. The number of nitriles is 1. The Morgan fingerprint density at radius 3 is 2.61 bits per heavy atom. The summed E-state index contributed by atoms with van der Waals surface area (Å²) in [5.41, 5.74) is 0.868. The van der Waals surface area contributed by atoms with Gasteiger partial charge in [-0.1, -0.05) is 0 Å². The van der Waals surface area contributed by atoms with Crippen molar-refractivity contribution in [2.24, 2.45) is 0 Å². The van der Waals surface area contributed by atoms with Crippen LogP contribution >= 0.6 is 0 Å². The Morgan fingerprint density at radius 1 is 1.44 bits per heavy atom. The largest absolute Gasteiger partial charge is 0.459 e. The van der Waals surface area contributed by atoms with Gasteiger partial charge in [0.25, 0.3) is 5.91 Å². The van der Waals surface area contributed by atoms with Gasteiger partial charge in [-0.05, 0) is 19.9 Å². The summed E-state index contributed by atoms with van der Waals surface area (Å²) >= 11 is 0. The van der Waals surface area contributed by atoms with Crippen LogP contribution in [0.1, 0.15) is 23.0 Å². The molecule has 0 radical (unpaired) electrons. The van der Waals surface area contributed by atoms with Gasteiger partial charge in [0.1, 0.15) is 0 Å². The number of carbonyl (C=O) groups excluding carboxylic acids is 1. The van der Waals surface area contributed by atoms with Crippen LogP contribution < -0.4 is 0 Å². The van der Waals surface area contributed by atoms with Crippen LogP contribution in [0.15, 0.2) is 16.7 Å². The lowest BCUT2D eigenvalue weighted by Gasteiger charge is -2.35. The molecular formula is C13H17N3O2. The van der Waals surface area contributed by atoms with E-state index >= 15 is 0 Å². The summed E-state index contributed by atoms with van der Waals surface area (Å²) in [5, 5.41) is 8.86. The topological polar surface area (TPSA) is 60.5 Å². The molecule has 1 atom stereocenters. The fourth-order valence-electron chi connectivity index (χ4n) is 2.13. The van der Waals surface area contributed by atoms with E-state index in [1.54, 1.807) is 11.0 Å². The molecule has 1 unspecified atom stereocenters. The molecule has 18 heavy (non-hydrogen) atoms. The molecule has 2 rings (SSSR count). The van der Waals surface area contributed by atoms with Gasteiger partial charge in [-0.25, -0.2) is 0 Å². The summed E-state index contributed by atoms with van der Waals surface area (Å²) < 4.78 is 5.22. The zero-order chi connectivity index (χ0) is 13.1. The molecule has 0 spiro atoms. The Kier molecular flexibility index (Phi) is 3.68. The summed E-state index contributed by atoms with van der Waals surface area (Å²) in [6, 6.07) is 3.92. The molecule has 0 bridgehead atoms. The van der Waals surface area contributed by atoms with Crippen LogP contribution in [0.5, 0.6) is 0 Å². The van der Waals surface area contributed by atoms with Crippen LogP contribution in [-0.4, -0.2) is 47.9 Å². The normalized spacial score (nSPS) is 18.4. The van der Waals surface area contributed by atoms with Crippen LogP contribution in [0.25, 0.3) is 0 Å². The first-order chi connectivity index (χ1) is 8.63. The maximum atomic E-state index is 12.2. The number of amides is 1. The van der Waals surface area contributed by atoms with Crippen molar-refractivity contribution in [1.29, 1.82) is 5.26 Å². The van der Waals surface area contributed by atoms with E-state index in [0.29, 0.717) is 18.8 Å². The van der Waals surface area contributed by atoms with Gasteiger partial charge in [-0.15, -0.1) is 0 Å². The van der Waals surface area contributed by atoms with E-state index in [4.69, 9.17) is 9.68 Å². The number of aryl methyl sites for hydroxylation is 1. The summed E-state index contributed by atoms with van der Waals surface area (Å²) in [6.07, 6.45) is 1.54. The fraction of sp³-hybridized carbons (Fsp3) is 0.538. The molecule has 5 heteroatoms. The number of furan rings is 1. The molecule has 0 N–H and O–H groups in total. The summed E-state index contributed by atoms with van der Waals surface area (Å²) in [7, 11) is 0. The molecule has 1 fully saturated rings. The van der Waals surface area contributed by atoms with E-state index in [1.807, 2.05) is 13.8 Å². The lowest BCUT2D eigenvalue weighted by atomic mass is 10.2. The van der Waals surface area contributed by atoms with E-state index in [0.717, 1.165) is 18.7 Å². The van der Waals surface area contributed by atoms with Crippen molar-refractivity contribution in [2.45, 2.75) is 19.9 Å². The van der Waals surface area contributed by atoms with Gasteiger partial charge in [0.15, 0.2) is 5.76 Å². The third-order valence-electron chi connectivity index (χ3n) is 3.39. The number of piperazine rings is 1. The molecule has 96 valence electrons. The first kappa shape index (κ1) is 12.7. The minimum Gasteiger partial charge on any atom is -0.459 e. The number of hydrogen-bond acceptors (Lipinski definition) is 4. The number of nitrogens with zero attached hydrogens (tertiary/aromatic N) is 3. The third kappa shape index (κ3) is 2.39. The van der Waals surface area contributed by atoms with E-state index in [-0.39, 0.29) is 11.9 Å². The quantitative estimate of drug-likeness (QED) is 0.789. The molecule has 1 saturated heterocycles. The summed E-state index contributed by atoms with van der Waals surface area (Å²) in [4.78, 5) is 16.0. The van der Waals surface area contributed by atoms with E-state index < -0.39 is 0 Å². The molecule has 1 aliphatic heterocycles. The highest BCUT2D eigenvalue weighted by Gasteiger charge is 2.26. The number of carbonyl (C=O) groups is 1. The van der Waals surface area contributed by atoms with Crippen molar-refractivity contribution >= 4 is 5.91 Å². The fourth-order valence-corrected chi connectivity index (χ4v) is 2.13. The molecule has 0 aromatic carbocycles. The first-order valence-electron chi connectivity index (χ1n) is 6.10. The van der Waals surface area contributed by atoms with Crippen LogP contribution in [-0.2, 0) is 0 Å². The van der Waals surface area contributed by atoms with E-state index in [9.17, 15) is 4.79 Å². The van der Waals surface area contributed by atoms with Crippen LogP contribution in [0.4, 0.5) is 0 Å². The van der Waals surface area contributed by atoms with Crippen molar-refractivity contribution < 1.29 is 9.21 Å². The predicted molar refractivity (Wildman–Crippen MR) is 66.0 cm³/mol. The average Bonchev–Trinajstić information content (AvgIpc) is 2.83. The molecule has 1 aromatic rings. The Balaban J connectivity index is 1.97. The highest BCUT2D eigenvalue weighted by molar-refractivity contribution is 5.92. The Hall–Kier alpha value is -1.80. The molecule has 1 amide bonds. The van der Waals surface area contributed by atoms with E-state index in [2.05, 4.69) is 11.0 Å². The van der Waals surface area contributed by atoms with Crippen molar-refractivity contribution in [3.63, 3.8) is 0 Å². The minimum atomic E-state index is -0.0902. The molecule has 2 heterocycles. The van der Waals surface area contributed by atoms with Crippen molar-refractivity contribution in [2.75, 3.05) is 26.2 Å². The van der Waals surface area contributed by atoms with Gasteiger partial charge in [0.05, 0.1) is 18.4 Å². The molecule has 1 aliphatic rings. The van der Waals surface area contributed by atoms with Crippen molar-refractivity contribution in [1.82, 2.24) is 9.80 Å². The SMILES string of the molecule is Cc1ccoc1C(=O)N1CCN(C(C)C#N)CC1. The van der Waals surface area contributed by atoms with Crippen molar-refractivity contribution in [3.8, 4) is 6.07 Å². The second-order valence-electron chi connectivity index (χ2n) is 4.57. The average molecular weight is 247 g/mol. The second kappa shape index (κ2) is 5.23. The smallest absolute Gasteiger partial charge is 0.289 e. The Morgan fingerprint density at radius 2 is 2.11 bits per heavy atom. The molecule has 5 nitrogen and oxygen atoms in total. The van der Waals surface area contributed by atoms with Crippen molar-refractivity contribution in [3.05, 3.63) is 23.7 Å². The molecular weight excluding hydrogens is 230 g/mol. The van der Waals surface area contributed by atoms with Crippen LogP contribution in [0.3, 0.4) is 0 Å². The minimum absolute atomic E-state index is 0.0539. The predicted octanol–water partition coefficient (Wildman–Crippen LogP) is 1.26. The number of hydrogen-bond donors (Lipinski definition) is 0. The summed E-state index contributed by atoms with van der Waals surface area (Å²) in [6.45, 7) is 6.51. The van der Waals surface area contributed by atoms with Gasteiger partial charge in [0, 0.05) is 31.7 Å². The van der Waals surface area contributed by atoms with Gasteiger partial charge in [-0.2, -0.15) is 5.26 Å². The van der Waals surface area contributed by atoms with Gasteiger partial charge in [-0.3, -0.25) is 9.69 Å². The Labute approximate surface area is 107 Å². The monoisotopic (exact) mass is 247 g/mol. The maximum absolute atomic E-state index is 12.2. The molecule has 0 saturated carbocycles. The highest BCUT2D eigenvalue weighted by Crippen LogP contribution is 2.14. The second-order valence-corrected chi connectivity index (χ2v) is 4.57. The standard InChI is InChI=1S/C13H17N3O2/c1-10-3-8-18-12(10)13(17)16-6-4-15(5-7-16)11(2)9-14/h3,8,11H,4-7H2,1-2H3. The van der Waals surface area contributed by atoms with Gasteiger partial charge < -0.3 is 9.32 Å². The molecule has 0 aliphatic carbocycles. The number of rotatable bonds is 2. The maximum Gasteiger partial charge on any atom is 0.289 e. The zero-order valence-electron chi connectivity index (χ0n) is 10.7. The van der Waals surface area contributed by atoms with Crippen LogP contribution in [0.2, 0.25) is 0 Å². The molecule has 1 aromatic heterocycles. The van der Waals surface area contributed by atoms with Gasteiger partial charge in [0.2, 0.25) is 0 Å². The third-order valence-corrected chi connectivity index (χ3v) is 3.39. The Bertz CT molecular complexity index is 467. The van der Waals surface area contributed by atoms with Crippen LogP contribution in [0, 0.1) is 18.3 Å². The first-order valence-corrected chi connectivity index (χ1v) is 6.10. The zero-order valence-corrected chi connectivity index (χ0v) is 10.7. The lowest BCUT2D eigenvalue weighted by Crippen LogP contribution is -2.51. The highest BCUT2D eigenvalue weighted by atomic mass is 16.3. The van der Waals surface area contributed by atoms with E-state index in [1.165, 1.54) is 6.26 Å². The lowest BCUT2D eigenvalue weighted by molar-refractivity contribution is 0.0584.